The average molecular weight is 375 g/mol. The van der Waals surface area contributed by atoms with Crippen LogP contribution in [0.1, 0.15) is 12.4 Å². The predicted octanol–water partition coefficient (Wildman–Crippen LogP) is 4.65. The highest BCUT2D eigenvalue weighted by atomic mass is 32.2. The van der Waals surface area contributed by atoms with Gasteiger partial charge in [0, 0.05) is 0 Å². The monoisotopic (exact) mass is 375 g/mol. The summed E-state index contributed by atoms with van der Waals surface area (Å²) < 4.78 is 41.5. The van der Waals surface area contributed by atoms with Crippen LogP contribution in [0, 0.1) is 5.82 Å². The van der Waals surface area contributed by atoms with E-state index in [0.29, 0.717) is 21.8 Å². The summed E-state index contributed by atoms with van der Waals surface area (Å²) in [5.41, 5.74) is 1.18. The minimum Gasteiger partial charge on any atom is -0.269 e. The van der Waals surface area contributed by atoms with Crippen LogP contribution in [0.4, 0.5) is 13.2 Å². The maximum absolute atomic E-state index is 13.8. The van der Waals surface area contributed by atoms with E-state index in [-0.39, 0.29) is 17.4 Å². The van der Waals surface area contributed by atoms with E-state index in [2.05, 4.69) is 20.2 Å². The Labute approximate surface area is 150 Å². The van der Waals surface area contributed by atoms with Crippen molar-refractivity contribution in [3.8, 4) is 11.4 Å². The maximum atomic E-state index is 13.8. The summed E-state index contributed by atoms with van der Waals surface area (Å²) in [5, 5.41) is 7.01. The minimum absolute atomic E-state index is 0.160. The van der Waals surface area contributed by atoms with Crippen molar-refractivity contribution in [2.45, 2.75) is 17.5 Å². The molecule has 0 amide bonds. The number of nitrogens with one attached hydrogen (secondary N) is 1. The van der Waals surface area contributed by atoms with Crippen molar-refractivity contribution in [2.24, 2.45) is 0 Å². The Balaban J connectivity index is 1.58. The third-order valence-electron chi connectivity index (χ3n) is 3.79. The molecular weight excluding hydrogens is 363 g/mol. The van der Waals surface area contributed by atoms with Gasteiger partial charge >= 0.3 is 6.55 Å². The van der Waals surface area contributed by atoms with Crippen LogP contribution in [0.25, 0.3) is 22.4 Å². The zero-order chi connectivity index (χ0) is 18.1. The van der Waals surface area contributed by atoms with Crippen molar-refractivity contribution >= 4 is 22.8 Å². The number of halogens is 3. The van der Waals surface area contributed by atoms with E-state index >= 15 is 0 Å². The third kappa shape index (κ3) is 3.05. The van der Waals surface area contributed by atoms with Crippen molar-refractivity contribution in [1.29, 1.82) is 0 Å². The summed E-state index contributed by atoms with van der Waals surface area (Å²) in [6.07, 6.45) is 0. The number of fused-ring (bicyclic) bond motifs is 1. The second-order valence-electron chi connectivity index (χ2n) is 5.40. The maximum Gasteiger partial charge on any atom is 0.320 e. The van der Waals surface area contributed by atoms with Crippen LogP contribution in [0.15, 0.2) is 53.7 Å². The first-order valence-electron chi connectivity index (χ1n) is 7.67. The van der Waals surface area contributed by atoms with Gasteiger partial charge in [0.1, 0.15) is 11.6 Å². The van der Waals surface area contributed by atoms with E-state index in [4.69, 9.17) is 0 Å². The smallest absolute Gasteiger partial charge is 0.269 e. The van der Waals surface area contributed by atoms with Gasteiger partial charge in [-0.3, -0.25) is 9.67 Å². The summed E-state index contributed by atoms with van der Waals surface area (Å²) in [4.78, 5) is 8.48. The molecule has 132 valence electrons. The lowest BCUT2D eigenvalue weighted by atomic mass is 10.2. The molecule has 2 heterocycles. The Morgan fingerprint density at radius 2 is 1.81 bits per heavy atom. The first-order valence-corrected chi connectivity index (χ1v) is 8.66. The quantitative estimate of drug-likeness (QED) is 0.516. The van der Waals surface area contributed by atoms with Gasteiger partial charge in [0.05, 0.1) is 22.3 Å². The molecule has 0 aliphatic rings. The SMILES string of the molecule is Fc1ccccc1-c1nc(SCc2nc3ccccc3n2C(F)F)n[nH]1. The summed E-state index contributed by atoms with van der Waals surface area (Å²) in [6, 6.07) is 12.9. The van der Waals surface area contributed by atoms with Crippen LogP contribution in [-0.4, -0.2) is 24.7 Å². The topological polar surface area (TPSA) is 59.4 Å². The second kappa shape index (κ2) is 6.83. The van der Waals surface area contributed by atoms with Gasteiger partial charge < -0.3 is 0 Å². The van der Waals surface area contributed by atoms with Crippen molar-refractivity contribution in [3.63, 3.8) is 0 Å². The third-order valence-corrected chi connectivity index (χ3v) is 4.63. The fourth-order valence-corrected chi connectivity index (χ4v) is 3.36. The Hall–Kier alpha value is -2.81. The van der Waals surface area contributed by atoms with E-state index in [0.717, 1.165) is 16.3 Å². The Bertz CT molecular complexity index is 1060. The van der Waals surface area contributed by atoms with E-state index in [1.165, 1.54) is 6.07 Å². The van der Waals surface area contributed by atoms with Crippen molar-refractivity contribution in [2.75, 3.05) is 0 Å². The van der Waals surface area contributed by atoms with Gasteiger partial charge in [-0.15, -0.1) is 5.10 Å². The molecule has 2 aromatic heterocycles. The molecule has 1 N–H and O–H groups in total. The van der Waals surface area contributed by atoms with Gasteiger partial charge in [-0.2, -0.15) is 8.78 Å². The molecule has 0 bridgehead atoms. The number of aromatic amines is 1. The molecular formula is C17H12F3N5S. The molecule has 0 saturated heterocycles. The molecule has 5 nitrogen and oxygen atoms in total. The first-order chi connectivity index (χ1) is 12.6. The van der Waals surface area contributed by atoms with E-state index in [1.54, 1.807) is 42.5 Å². The van der Waals surface area contributed by atoms with Crippen LogP contribution >= 0.6 is 11.8 Å². The summed E-state index contributed by atoms with van der Waals surface area (Å²) in [5.74, 6) is 0.254. The Morgan fingerprint density at radius 3 is 2.62 bits per heavy atom. The molecule has 0 fully saturated rings. The number of nitrogens with zero attached hydrogens (tertiary/aromatic N) is 4. The van der Waals surface area contributed by atoms with Gasteiger partial charge in [0.2, 0.25) is 5.16 Å². The number of benzene rings is 2. The number of imidazole rings is 1. The van der Waals surface area contributed by atoms with Gasteiger partial charge in [-0.1, -0.05) is 36.0 Å². The van der Waals surface area contributed by atoms with Gasteiger partial charge in [-0.25, -0.2) is 14.4 Å². The number of aromatic nitrogens is 5. The number of alkyl halides is 2. The van der Waals surface area contributed by atoms with Crippen LogP contribution in [0.5, 0.6) is 0 Å². The lowest BCUT2D eigenvalue weighted by Crippen LogP contribution is -2.03. The normalized spacial score (nSPS) is 11.5. The molecule has 0 saturated carbocycles. The van der Waals surface area contributed by atoms with E-state index in [9.17, 15) is 13.2 Å². The molecule has 4 rings (SSSR count). The fraction of sp³-hybridized carbons (Fsp3) is 0.118. The van der Waals surface area contributed by atoms with Crippen LogP contribution in [-0.2, 0) is 5.75 Å². The largest absolute Gasteiger partial charge is 0.320 e. The lowest BCUT2D eigenvalue weighted by Gasteiger charge is -2.06. The highest BCUT2D eigenvalue weighted by Crippen LogP contribution is 2.28. The second-order valence-corrected chi connectivity index (χ2v) is 6.34. The zero-order valence-electron chi connectivity index (χ0n) is 13.2. The number of hydrogen-bond donors (Lipinski definition) is 1. The Morgan fingerprint density at radius 1 is 1.04 bits per heavy atom. The fourth-order valence-electron chi connectivity index (χ4n) is 2.63. The highest BCUT2D eigenvalue weighted by Gasteiger charge is 2.18. The standard InChI is InChI=1S/C17H12F3N5S/c18-11-6-2-1-5-10(11)15-22-17(24-23-15)26-9-14-21-12-7-3-4-8-13(12)25(14)16(19)20/h1-8,16H,9H2,(H,22,23,24). The Kier molecular flexibility index (Phi) is 4.37. The molecule has 26 heavy (non-hydrogen) atoms. The molecule has 0 aliphatic heterocycles. The molecule has 9 heteroatoms. The number of thioether (sulfide) groups is 1. The van der Waals surface area contributed by atoms with Crippen LogP contribution < -0.4 is 0 Å². The zero-order valence-corrected chi connectivity index (χ0v) is 14.1. The predicted molar refractivity (Wildman–Crippen MR) is 92.3 cm³/mol. The average Bonchev–Trinajstić information content (AvgIpc) is 3.24. The summed E-state index contributed by atoms with van der Waals surface area (Å²) >= 11 is 1.15. The highest BCUT2D eigenvalue weighted by molar-refractivity contribution is 7.98. The number of rotatable bonds is 5. The molecule has 2 aromatic carbocycles. The van der Waals surface area contributed by atoms with Crippen LogP contribution in [0.2, 0.25) is 0 Å². The molecule has 0 spiro atoms. The van der Waals surface area contributed by atoms with Crippen molar-refractivity contribution < 1.29 is 13.2 Å². The molecule has 0 radical (unpaired) electrons. The van der Waals surface area contributed by atoms with Crippen molar-refractivity contribution in [1.82, 2.24) is 24.7 Å². The lowest BCUT2D eigenvalue weighted by molar-refractivity contribution is 0.0722. The van der Waals surface area contributed by atoms with Crippen LogP contribution in [0.3, 0.4) is 0 Å². The number of para-hydroxylation sites is 2. The van der Waals surface area contributed by atoms with E-state index < -0.39 is 12.4 Å². The number of H-pyrrole nitrogens is 1. The van der Waals surface area contributed by atoms with Gasteiger partial charge in [0.15, 0.2) is 5.82 Å². The van der Waals surface area contributed by atoms with Gasteiger partial charge in [0.25, 0.3) is 0 Å². The van der Waals surface area contributed by atoms with E-state index in [1.807, 2.05) is 0 Å². The number of hydrogen-bond acceptors (Lipinski definition) is 4. The van der Waals surface area contributed by atoms with Crippen molar-refractivity contribution in [3.05, 3.63) is 60.2 Å². The molecule has 4 aromatic rings. The summed E-state index contributed by atoms with van der Waals surface area (Å²) in [7, 11) is 0. The van der Waals surface area contributed by atoms with Gasteiger partial charge in [-0.05, 0) is 24.3 Å². The summed E-state index contributed by atoms with van der Waals surface area (Å²) in [6.45, 7) is -2.70. The molecule has 0 unspecified atom stereocenters. The molecule has 0 atom stereocenters. The first kappa shape index (κ1) is 16.6. The molecule has 0 aliphatic carbocycles. The minimum atomic E-state index is -2.70.